The summed E-state index contributed by atoms with van der Waals surface area (Å²) in [5, 5.41) is 7.27. The van der Waals surface area contributed by atoms with Crippen molar-refractivity contribution in [3.8, 4) is 33.9 Å². The molecule has 0 saturated carbocycles. The largest absolute Gasteiger partial charge is 0.309 e. The van der Waals surface area contributed by atoms with Gasteiger partial charge in [-0.15, -0.1) is 0 Å². The number of fused-ring (bicyclic) bond motifs is 15. The Balaban J connectivity index is 0.977. The molecule has 6 heteroatoms. The van der Waals surface area contributed by atoms with Crippen LogP contribution in [0.2, 0.25) is 0 Å². The van der Waals surface area contributed by atoms with Gasteiger partial charge in [-0.2, -0.15) is 0 Å². The normalized spacial score (nSPS) is 12.2. The molecule has 312 valence electrons. The predicted octanol–water partition coefficient (Wildman–Crippen LogP) is 15.4. The SMILES string of the molecule is c1ccc(-n2c3ccccc3n3c4ccc5c6ccccc6n(-c6ccc7c(c6)c6ccccc6n7-c6ccccc6-c6ccccc6-n6c7ccccc7c7ccccc76)c5c4nc23)cc1. The maximum absolute atomic E-state index is 5.59. The van der Waals surface area contributed by atoms with E-state index in [9.17, 15) is 0 Å². The summed E-state index contributed by atoms with van der Waals surface area (Å²) in [5.41, 5.74) is 18.0. The molecule has 0 spiro atoms. The topological polar surface area (TPSA) is 37.0 Å². The molecule has 6 nitrogen and oxygen atoms in total. The maximum Gasteiger partial charge on any atom is 0.220 e. The number of imidazole rings is 2. The van der Waals surface area contributed by atoms with E-state index in [0.717, 1.165) is 78.2 Å². The Morgan fingerprint density at radius 3 is 1.33 bits per heavy atom. The Kier molecular flexibility index (Phi) is 7.40. The van der Waals surface area contributed by atoms with E-state index in [2.05, 4.69) is 253 Å². The molecule has 0 N–H and O–H groups in total. The van der Waals surface area contributed by atoms with E-state index in [4.69, 9.17) is 4.98 Å². The third kappa shape index (κ3) is 4.96. The second-order valence-electron chi connectivity index (χ2n) is 17.5. The lowest BCUT2D eigenvalue weighted by Gasteiger charge is -2.18. The second-order valence-corrected chi connectivity index (χ2v) is 17.5. The first-order chi connectivity index (χ1) is 33.3. The van der Waals surface area contributed by atoms with E-state index in [1.165, 1.54) is 48.9 Å². The molecule has 0 amide bonds. The minimum Gasteiger partial charge on any atom is -0.309 e. The summed E-state index contributed by atoms with van der Waals surface area (Å²) in [6, 6.07) is 83.6. The van der Waals surface area contributed by atoms with Crippen molar-refractivity contribution in [2.45, 2.75) is 0 Å². The minimum atomic E-state index is 0.892. The molecule has 0 saturated heterocycles. The first kappa shape index (κ1) is 36.2. The minimum absolute atomic E-state index is 0.892. The smallest absolute Gasteiger partial charge is 0.220 e. The highest BCUT2D eigenvalue weighted by Crippen LogP contribution is 2.43. The first-order valence-electron chi connectivity index (χ1n) is 22.9. The van der Waals surface area contributed by atoms with Crippen molar-refractivity contribution >= 4 is 93.3 Å². The van der Waals surface area contributed by atoms with Gasteiger partial charge in [0.15, 0.2) is 0 Å². The van der Waals surface area contributed by atoms with Crippen molar-refractivity contribution < 1.29 is 0 Å². The van der Waals surface area contributed by atoms with Crippen molar-refractivity contribution in [3.63, 3.8) is 0 Å². The summed E-state index contributed by atoms with van der Waals surface area (Å²) < 4.78 is 12.0. The zero-order valence-electron chi connectivity index (χ0n) is 36.1. The number of hydrogen-bond acceptors (Lipinski definition) is 1. The Morgan fingerprint density at radius 2 is 0.716 bits per heavy atom. The fourth-order valence-electron chi connectivity index (χ4n) is 11.3. The van der Waals surface area contributed by atoms with Crippen LogP contribution >= 0.6 is 0 Å². The van der Waals surface area contributed by atoms with Gasteiger partial charge in [0.05, 0.1) is 61.0 Å². The number of para-hydroxylation sites is 9. The van der Waals surface area contributed by atoms with E-state index < -0.39 is 0 Å². The summed E-state index contributed by atoms with van der Waals surface area (Å²) in [4.78, 5) is 5.59. The zero-order valence-corrected chi connectivity index (χ0v) is 36.1. The summed E-state index contributed by atoms with van der Waals surface area (Å²) >= 11 is 0. The van der Waals surface area contributed by atoms with Gasteiger partial charge >= 0.3 is 0 Å². The third-order valence-electron chi connectivity index (χ3n) is 14.1. The van der Waals surface area contributed by atoms with E-state index >= 15 is 0 Å². The van der Waals surface area contributed by atoms with Gasteiger partial charge in [0.25, 0.3) is 0 Å². The molecule has 5 heterocycles. The molecule has 0 unspecified atom stereocenters. The Labute approximate surface area is 383 Å². The highest BCUT2D eigenvalue weighted by molar-refractivity contribution is 6.19. The molecule has 0 radical (unpaired) electrons. The Morgan fingerprint density at radius 1 is 0.269 bits per heavy atom. The van der Waals surface area contributed by atoms with Crippen LogP contribution in [0.25, 0.3) is 127 Å². The van der Waals surface area contributed by atoms with Crippen molar-refractivity contribution in [2.24, 2.45) is 0 Å². The van der Waals surface area contributed by atoms with Crippen LogP contribution in [0.15, 0.2) is 231 Å². The monoisotopic (exact) mass is 854 g/mol. The number of hydrogen-bond donors (Lipinski definition) is 0. The van der Waals surface area contributed by atoms with Crippen LogP contribution in [0, 0.1) is 0 Å². The van der Waals surface area contributed by atoms with Gasteiger partial charge in [-0.3, -0.25) is 8.97 Å². The summed E-state index contributed by atoms with van der Waals surface area (Å²) in [5.74, 6) is 0.892. The standard InChI is InChI=1S/C61H38N6/c1-2-18-39(19-3-1)64-56-32-16-17-33-57(56)67-58-37-35-47-45-24-8-10-26-49(45)63(60(47)59(58)62-61(64)67)40-34-36-55-48(38-40)46-25-9-15-31-54(46)66(55)53-30-14-7-23-44(53)43-22-6-13-29-52(43)65-50-27-11-4-20-41(50)42-21-5-12-28-51(42)65/h1-38H. The molecule has 0 aliphatic rings. The van der Waals surface area contributed by atoms with Gasteiger partial charge < -0.3 is 13.7 Å². The van der Waals surface area contributed by atoms with Crippen molar-refractivity contribution in [1.29, 1.82) is 0 Å². The highest BCUT2D eigenvalue weighted by Gasteiger charge is 2.24. The molecular weight excluding hydrogens is 817 g/mol. The van der Waals surface area contributed by atoms with E-state index in [-0.39, 0.29) is 0 Å². The number of aromatic nitrogens is 6. The average molecular weight is 855 g/mol. The van der Waals surface area contributed by atoms with Crippen LogP contribution in [0.1, 0.15) is 0 Å². The molecule has 0 aliphatic carbocycles. The van der Waals surface area contributed by atoms with Gasteiger partial charge in [0.2, 0.25) is 5.78 Å². The second kappa shape index (κ2) is 13.7. The van der Waals surface area contributed by atoms with Crippen molar-refractivity contribution in [2.75, 3.05) is 0 Å². The van der Waals surface area contributed by atoms with Crippen molar-refractivity contribution in [3.05, 3.63) is 231 Å². The Bertz CT molecular complexity index is 4460. The van der Waals surface area contributed by atoms with Crippen LogP contribution in [-0.2, 0) is 0 Å². The molecule has 5 aromatic heterocycles. The van der Waals surface area contributed by atoms with E-state index in [1.54, 1.807) is 0 Å². The summed E-state index contributed by atoms with van der Waals surface area (Å²) in [6.45, 7) is 0. The van der Waals surface area contributed by atoms with Gasteiger partial charge in [0.1, 0.15) is 5.52 Å². The van der Waals surface area contributed by atoms with Crippen molar-refractivity contribution in [1.82, 2.24) is 27.7 Å². The molecule has 15 rings (SSSR count). The van der Waals surface area contributed by atoms with Crippen LogP contribution < -0.4 is 0 Å². The molecule has 10 aromatic carbocycles. The van der Waals surface area contributed by atoms with Gasteiger partial charge in [-0.05, 0) is 91.0 Å². The lowest BCUT2D eigenvalue weighted by molar-refractivity contribution is 1.11. The molecule has 0 aliphatic heterocycles. The fraction of sp³-hybridized carbons (Fsp3) is 0. The molecular formula is C61H38N6. The zero-order chi connectivity index (χ0) is 43.7. The van der Waals surface area contributed by atoms with Crippen LogP contribution in [0.5, 0.6) is 0 Å². The summed E-state index contributed by atoms with van der Waals surface area (Å²) in [7, 11) is 0. The van der Waals surface area contributed by atoms with E-state index in [0.29, 0.717) is 0 Å². The lowest BCUT2D eigenvalue weighted by atomic mass is 10.0. The number of benzene rings is 10. The quantitative estimate of drug-likeness (QED) is 0.170. The first-order valence-corrected chi connectivity index (χ1v) is 22.9. The number of nitrogens with zero attached hydrogens (tertiary/aromatic N) is 6. The number of rotatable bonds is 5. The molecule has 15 aromatic rings. The van der Waals surface area contributed by atoms with Crippen LogP contribution in [-0.4, -0.2) is 27.7 Å². The molecule has 0 atom stereocenters. The van der Waals surface area contributed by atoms with Crippen LogP contribution in [0.3, 0.4) is 0 Å². The van der Waals surface area contributed by atoms with E-state index in [1.807, 2.05) is 0 Å². The molecule has 67 heavy (non-hydrogen) atoms. The predicted molar refractivity (Wildman–Crippen MR) is 278 cm³/mol. The summed E-state index contributed by atoms with van der Waals surface area (Å²) in [6.07, 6.45) is 0. The van der Waals surface area contributed by atoms with Gasteiger partial charge in [0, 0.05) is 54.8 Å². The third-order valence-corrected chi connectivity index (χ3v) is 14.1. The van der Waals surface area contributed by atoms with Crippen LogP contribution in [0.4, 0.5) is 0 Å². The fourth-order valence-corrected chi connectivity index (χ4v) is 11.3. The Hall–Kier alpha value is -9.13. The maximum atomic E-state index is 5.59. The van der Waals surface area contributed by atoms with Gasteiger partial charge in [-0.25, -0.2) is 4.98 Å². The molecule has 0 fully saturated rings. The molecule has 0 bridgehead atoms. The van der Waals surface area contributed by atoms with Gasteiger partial charge in [-0.1, -0.05) is 140 Å². The lowest BCUT2D eigenvalue weighted by Crippen LogP contribution is -2.01. The average Bonchev–Trinajstić information content (AvgIpc) is 4.19. The highest BCUT2D eigenvalue weighted by atomic mass is 15.2.